The number of carboxylic acids is 1. The van der Waals surface area contributed by atoms with Crippen LogP contribution in [0, 0.1) is 5.92 Å². The number of urea groups is 1. The molecule has 1 unspecified atom stereocenters. The summed E-state index contributed by atoms with van der Waals surface area (Å²) in [5, 5.41) is 16.2. The van der Waals surface area contributed by atoms with Gasteiger partial charge in [0.25, 0.3) is 0 Å². The van der Waals surface area contributed by atoms with Gasteiger partial charge >= 0.3 is 12.0 Å². The standard InChI is InChI=1S/C15H17ClN4O3/c1-10(14(21)22)9-19(2)15(23)18-12-6-3-5-11(16)13(12)20-8-4-7-17-20/h3-8,10H,9H2,1-2H3,(H,18,23)(H,21,22). The number of carboxylic acid groups (broad SMARTS) is 1. The zero-order valence-corrected chi connectivity index (χ0v) is 13.5. The van der Waals surface area contributed by atoms with Gasteiger partial charge in [0.15, 0.2) is 0 Å². The SMILES string of the molecule is CC(CN(C)C(=O)Nc1cccc(Cl)c1-n1cccn1)C(=O)O. The number of nitrogens with one attached hydrogen (secondary N) is 1. The van der Waals surface area contributed by atoms with Crippen molar-refractivity contribution in [1.29, 1.82) is 0 Å². The number of benzene rings is 1. The highest BCUT2D eigenvalue weighted by atomic mass is 35.5. The largest absolute Gasteiger partial charge is 0.481 e. The fourth-order valence-corrected chi connectivity index (χ4v) is 2.29. The molecule has 8 heteroatoms. The smallest absolute Gasteiger partial charge is 0.321 e. The Hall–Kier alpha value is -2.54. The van der Waals surface area contributed by atoms with Crippen LogP contribution in [-0.2, 0) is 4.79 Å². The number of nitrogens with zero attached hydrogens (tertiary/aromatic N) is 3. The molecule has 0 saturated carbocycles. The van der Waals surface area contributed by atoms with E-state index in [0.29, 0.717) is 16.4 Å². The van der Waals surface area contributed by atoms with E-state index in [1.54, 1.807) is 48.3 Å². The van der Waals surface area contributed by atoms with Crippen molar-refractivity contribution in [2.24, 2.45) is 5.92 Å². The average molecular weight is 337 g/mol. The minimum absolute atomic E-state index is 0.0961. The zero-order chi connectivity index (χ0) is 17.0. The molecule has 0 bridgehead atoms. The fourth-order valence-electron chi connectivity index (χ4n) is 2.03. The molecule has 2 N–H and O–H groups in total. The molecule has 0 fully saturated rings. The van der Waals surface area contributed by atoms with Gasteiger partial charge in [-0.15, -0.1) is 0 Å². The van der Waals surface area contributed by atoms with Crippen molar-refractivity contribution in [3.05, 3.63) is 41.7 Å². The van der Waals surface area contributed by atoms with E-state index in [2.05, 4.69) is 10.4 Å². The number of carbonyl (C=O) groups excluding carboxylic acids is 1. The number of hydrogen-bond acceptors (Lipinski definition) is 3. The van der Waals surface area contributed by atoms with E-state index in [0.717, 1.165) is 0 Å². The van der Waals surface area contributed by atoms with E-state index >= 15 is 0 Å². The predicted molar refractivity (Wildman–Crippen MR) is 87.0 cm³/mol. The lowest BCUT2D eigenvalue weighted by Crippen LogP contribution is -2.36. The van der Waals surface area contributed by atoms with Crippen LogP contribution < -0.4 is 5.32 Å². The van der Waals surface area contributed by atoms with Gasteiger partial charge in [-0.2, -0.15) is 5.10 Å². The molecule has 1 aromatic heterocycles. The van der Waals surface area contributed by atoms with Crippen LogP contribution in [0.1, 0.15) is 6.92 Å². The first kappa shape index (κ1) is 16.8. The third-order valence-corrected chi connectivity index (χ3v) is 3.58. The van der Waals surface area contributed by atoms with Crippen molar-refractivity contribution in [1.82, 2.24) is 14.7 Å². The second-order valence-electron chi connectivity index (χ2n) is 5.14. The number of carbonyl (C=O) groups is 2. The lowest BCUT2D eigenvalue weighted by atomic mass is 10.2. The molecule has 0 spiro atoms. The normalized spacial score (nSPS) is 11.8. The molecular formula is C15H17ClN4O3. The molecule has 0 radical (unpaired) electrons. The Balaban J connectivity index is 2.19. The van der Waals surface area contributed by atoms with Gasteiger partial charge in [-0.25, -0.2) is 9.48 Å². The maximum atomic E-state index is 12.3. The van der Waals surface area contributed by atoms with Gasteiger partial charge in [0.1, 0.15) is 5.69 Å². The summed E-state index contributed by atoms with van der Waals surface area (Å²) in [6, 6.07) is 6.44. The molecular weight excluding hydrogens is 320 g/mol. The molecule has 0 saturated heterocycles. The Bertz CT molecular complexity index is 703. The van der Waals surface area contributed by atoms with Crippen molar-refractivity contribution < 1.29 is 14.7 Å². The number of rotatable bonds is 5. The first-order valence-electron chi connectivity index (χ1n) is 6.93. The zero-order valence-electron chi connectivity index (χ0n) is 12.7. The number of anilines is 1. The Morgan fingerprint density at radius 1 is 1.43 bits per heavy atom. The third-order valence-electron chi connectivity index (χ3n) is 3.28. The van der Waals surface area contributed by atoms with E-state index in [1.165, 1.54) is 11.9 Å². The van der Waals surface area contributed by atoms with Crippen molar-refractivity contribution >= 4 is 29.3 Å². The van der Waals surface area contributed by atoms with Gasteiger partial charge in [0.05, 0.1) is 16.6 Å². The van der Waals surface area contributed by atoms with Crippen LogP contribution in [0.5, 0.6) is 0 Å². The topological polar surface area (TPSA) is 87.5 Å². The van der Waals surface area contributed by atoms with Crippen LogP contribution in [0.15, 0.2) is 36.7 Å². The molecule has 7 nitrogen and oxygen atoms in total. The first-order chi connectivity index (χ1) is 10.9. The summed E-state index contributed by atoms with van der Waals surface area (Å²) < 4.78 is 1.55. The second-order valence-corrected chi connectivity index (χ2v) is 5.54. The van der Waals surface area contributed by atoms with Crippen LogP contribution in [-0.4, -0.2) is 45.4 Å². The predicted octanol–water partition coefficient (Wildman–Crippen LogP) is 2.71. The average Bonchev–Trinajstić information content (AvgIpc) is 3.00. The number of halogens is 1. The minimum Gasteiger partial charge on any atom is -0.481 e. The summed E-state index contributed by atoms with van der Waals surface area (Å²) in [6.45, 7) is 1.64. The molecule has 1 atom stereocenters. The summed E-state index contributed by atoms with van der Waals surface area (Å²) in [7, 11) is 1.53. The van der Waals surface area contributed by atoms with Gasteiger partial charge in [-0.1, -0.05) is 24.6 Å². The first-order valence-corrected chi connectivity index (χ1v) is 7.31. The molecule has 2 aromatic rings. The van der Waals surface area contributed by atoms with E-state index in [1.807, 2.05) is 0 Å². The molecule has 0 aliphatic carbocycles. The van der Waals surface area contributed by atoms with Gasteiger partial charge in [0, 0.05) is 26.0 Å². The fraction of sp³-hybridized carbons (Fsp3) is 0.267. The third kappa shape index (κ3) is 4.01. The Kier molecular flexibility index (Phi) is 5.23. The Morgan fingerprint density at radius 2 is 2.17 bits per heavy atom. The monoisotopic (exact) mass is 336 g/mol. The molecule has 1 heterocycles. The van der Waals surface area contributed by atoms with E-state index in [9.17, 15) is 9.59 Å². The van der Waals surface area contributed by atoms with Crippen molar-refractivity contribution in [2.45, 2.75) is 6.92 Å². The van der Waals surface area contributed by atoms with Crippen molar-refractivity contribution in [3.63, 3.8) is 0 Å². The van der Waals surface area contributed by atoms with Crippen LogP contribution >= 0.6 is 11.6 Å². The summed E-state index contributed by atoms with van der Waals surface area (Å²) in [4.78, 5) is 24.4. The van der Waals surface area contributed by atoms with Crippen molar-refractivity contribution in [3.8, 4) is 5.69 Å². The molecule has 2 rings (SSSR count). The molecule has 122 valence electrons. The highest BCUT2D eigenvalue weighted by molar-refractivity contribution is 6.33. The minimum atomic E-state index is -0.954. The van der Waals surface area contributed by atoms with E-state index in [-0.39, 0.29) is 6.54 Å². The van der Waals surface area contributed by atoms with Gasteiger partial charge in [-0.05, 0) is 18.2 Å². The molecule has 23 heavy (non-hydrogen) atoms. The molecule has 0 aliphatic rings. The van der Waals surface area contributed by atoms with Crippen LogP contribution in [0.3, 0.4) is 0 Å². The van der Waals surface area contributed by atoms with Gasteiger partial charge in [-0.3, -0.25) is 4.79 Å². The van der Waals surface area contributed by atoms with Gasteiger partial charge < -0.3 is 15.3 Å². The van der Waals surface area contributed by atoms with Crippen molar-refractivity contribution in [2.75, 3.05) is 18.9 Å². The molecule has 0 aliphatic heterocycles. The number of aromatic nitrogens is 2. The highest BCUT2D eigenvalue weighted by Gasteiger charge is 2.19. The number of aliphatic carboxylic acids is 1. The maximum Gasteiger partial charge on any atom is 0.321 e. The quantitative estimate of drug-likeness (QED) is 0.878. The van der Waals surface area contributed by atoms with E-state index in [4.69, 9.17) is 16.7 Å². The summed E-state index contributed by atoms with van der Waals surface area (Å²) >= 11 is 6.21. The number of para-hydroxylation sites is 1. The summed E-state index contributed by atoms with van der Waals surface area (Å²) in [5.41, 5.74) is 1.04. The van der Waals surface area contributed by atoms with Crippen LogP contribution in [0.25, 0.3) is 5.69 Å². The highest BCUT2D eigenvalue weighted by Crippen LogP contribution is 2.28. The maximum absolute atomic E-state index is 12.3. The molecule has 1 aromatic carbocycles. The lowest BCUT2D eigenvalue weighted by Gasteiger charge is -2.21. The van der Waals surface area contributed by atoms with E-state index < -0.39 is 17.9 Å². The number of amides is 2. The number of hydrogen-bond donors (Lipinski definition) is 2. The Morgan fingerprint density at radius 3 is 2.78 bits per heavy atom. The summed E-state index contributed by atoms with van der Waals surface area (Å²) in [6.07, 6.45) is 3.32. The second kappa shape index (κ2) is 7.15. The summed E-state index contributed by atoms with van der Waals surface area (Å²) in [5.74, 6) is -1.61. The van der Waals surface area contributed by atoms with Gasteiger partial charge in [0.2, 0.25) is 0 Å². The van der Waals surface area contributed by atoms with Crippen LogP contribution in [0.2, 0.25) is 5.02 Å². The Labute approximate surface area is 138 Å². The lowest BCUT2D eigenvalue weighted by molar-refractivity contribution is -0.141. The molecule has 2 amide bonds. The van der Waals surface area contributed by atoms with Crippen LogP contribution in [0.4, 0.5) is 10.5 Å².